The summed E-state index contributed by atoms with van der Waals surface area (Å²) < 4.78 is 5.52. The average Bonchev–Trinajstić information content (AvgIpc) is 2.85. The van der Waals surface area contributed by atoms with E-state index in [2.05, 4.69) is 20.8 Å². The zero-order valence-corrected chi connectivity index (χ0v) is 12.8. The number of carbonyl (C=O) groups excluding carboxylic acids is 2. The normalized spacial score (nSPS) is 12.2. The number of nitrogens with one attached hydrogen (secondary N) is 3. The van der Waals surface area contributed by atoms with E-state index in [1.165, 1.54) is 11.9 Å². The van der Waals surface area contributed by atoms with Gasteiger partial charge in [-0.3, -0.25) is 10.1 Å². The Labute approximate surface area is 121 Å². The maximum atomic E-state index is 11.4. The van der Waals surface area contributed by atoms with Crippen molar-refractivity contribution in [2.24, 2.45) is 0 Å². The molecule has 0 radical (unpaired) electrons. The summed E-state index contributed by atoms with van der Waals surface area (Å²) in [6.07, 6.45) is 0.881. The van der Waals surface area contributed by atoms with Gasteiger partial charge in [0.05, 0.1) is 19.8 Å². The van der Waals surface area contributed by atoms with E-state index in [9.17, 15) is 9.59 Å². The number of urea groups is 1. The first kappa shape index (κ1) is 16.4. The molecule has 0 spiro atoms. The molecule has 0 bridgehead atoms. The minimum atomic E-state index is -0.538. The number of amides is 3. The van der Waals surface area contributed by atoms with Gasteiger partial charge in [0.1, 0.15) is 0 Å². The molecule has 1 rings (SSSR count). The van der Waals surface area contributed by atoms with E-state index in [1.54, 1.807) is 0 Å². The number of hydrogen-bond donors (Lipinski definition) is 3. The lowest BCUT2D eigenvalue weighted by molar-refractivity contribution is -0.894. The predicted octanol–water partition coefficient (Wildman–Crippen LogP) is -0.787. The molecule has 3 amide bonds. The molecule has 0 unspecified atom stereocenters. The molecule has 0 saturated heterocycles. The lowest BCUT2D eigenvalue weighted by atomic mass is 10.2. The summed E-state index contributed by atoms with van der Waals surface area (Å²) in [7, 11) is 5.47. The monoisotopic (exact) mass is 302 g/mol. The fraction of sp³-hybridized carbons (Fsp3) is 0.636. The van der Waals surface area contributed by atoms with Crippen LogP contribution in [0.4, 0.5) is 4.79 Å². The van der Waals surface area contributed by atoms with E-state index in [1.807, 2.05) is 21.0 Å². The van der Waals surface area contributed by atoms with Crippen LogP contribution in [0.5, 0.6) is 0 Å². The van der Waals surface area contributed by atoms with Crippen LogP contribution in [0, 0.1) is 0 Å². The molecule has 1 aromatic rings. The van der Waals surface area contributed by atoms with Crippen LogP contribution in [0.1, 0.15) is 25.3 Å². The molecule has 1 atom stereocenters. The largest absolute Gasteiger partial charge is 0.410 e. The third kappa shape index (κ3) is 4.82. The summed E-state index contributed by atoms with van der Waals surface area (Å²) in [5, 5.41) is 12.7. The second-order valence-electron chi connectivity index (χ2n) is 4.36. The quantitative estimate of drug-likeness (QED) is 0.596. The van der Waals surface area contributed by atoms with Crippen LogP contribution in [0.2, 0.25) is 0 Å². The second-order valence-corrected chi connectivity index (χ2v) is 5.29. The number of hydrogen-bond acceptors (Lipinski definition) is 6. The summed E-state index contributed by atoms with van der Waals surface area (Å²) in [5.41, 5.74) is 0. The van der Waals surface area contributed by atoms with Gasteiger partial charge in [-0.25, -0.2) is 4.79 Å². The smallest absolute Gasteiger partial charge is 0.321 e. The Hall–Kier alpha value is -1.61. The van der Waals surface area contributed by atoms with Crippen LogP contribution in [-0.4, -0.2) is 49.0 Å². The first-order valence-electron chi connectivity index (χ1n) is 6.25. The minimum Gasteiger partial charge on any atom is -0.410 e. The first-order chi connectivity index (χ1) is 9.47. The van der Waals surface area contributed by atoms with Crippen molar-refractivity contribution in [3.8, 4) is 0 Å². The van der Waals surface area contributed by atoms with Gasteiger partial charge in [0.2, 0.25) is 5.91 Å². The Balaban J connectivity index is 2.52. The number of thioether (sulfide) groups is 1. The second kappa shape index (κ2) is 7.85. The molecule has 0 aliphatic carbocycles. The van der Waals surface area contributed by atoms with Crippen molar-refractivity contribution in [2.75, 3.05) is 26.9 Å². The summed E-state index contributed by atoms with van der Waals surface area (Å²) in [4.78, 5) is 23.5. The van der Waals surface area contributed by atoms with E-state index in [-0.39, 0.29) is 11.8 Å². The van der Waals surface area contributed by atoms with Crippen molar-refractivity contribution in [1.29, 1.82) is 0 Å². The van der Waals surface area contributed by atoms with Crippen molar-refractivity contribution < 1.29 is 18.9 Å². The topological polar surface area (TPSA) is 102 Å². The molecular weight excluding hydrogens is 282 g/mol. The highest BCUT2D eigenvalue weighted by molar-refractivity contribution is 7.99. The fourth-order valence-electron chi connectivity index (χ4n) is 1.60. The fourth-order valence-corrected chi connectivity index (χ4v) is 2.17. The lowest BCUT2D eigenvalue weighted by Crippen LogP contribution is -3.06. The van der Waals surface area contributed by atoms with Crippen molar-refractivity contribution in [1.82, 2.24) is 20.8 Å². The minimum absolute atomic E-state index is 0.0423. The highest BCUT2D eigenvalue weighted by Crippen LogP contribution is 2.19. The Bertz CT molecular complexity index is 463. The molecule has 112 valence electrons. The van der Waals surface area contributed by atoms with Crippen molar-refractivity contribution in [3.63, 3.8) is 0 Å². The van der Waals surface area contributed by atoms with E-state index in [0.717, 1.165) is 18.2 Å². The lowest BCUT2D eigenvalue weighted by Gasteiger charge is -2.15. The van der Waals surface area contributed by atoms with Gasteiger partial charge in [-0.1, -0.05) is 18.7 Å². The van der Waals surface area contributed by atoms with Crippen LogP contribution < -0.4 is 15.5 Å². The van der Waals surface area contributed by atoms with Crippen LogP contribution in [0.3, 0.4) is 0 Å². The SMILES string of the molecule is CC[C@@H](c1nnc(SCC(=O)NC(=O)NC)o1)[NH+](C)C. The van der Waals surface area contributed by atoms with Gasteiger partial charge in [-0.2, -0.15) is 0 Å². The number of aromatic nitrogens is 2. The van der Waals surface area contributed by atoms with Crippen molar-refractivity contribution in [2.45, 2.75) is 24.6 Å². The van der Waals surface area contributed by atoms with Gasteiger partial charge in [-0.15, -0.1) is 10.2 Å². The third-order valence-electron chi connectivity index (χ3n) is 2.63. The van der Waals surface area contributed by atoms with E-state index >= 15 is 0 Å². The number of imide groups is 1. The molecular formula is C11H20N5O3S+. The molecule has 20 heavy (non-hydrogen) atoms. The van der Waals surface area contributed by atoms with Crippen molar-refractivity contribution >= 4 is 23.7 Å². The number of rotatable bonds is 6. The highest BCUT2D eigenvalue weighted by Gasteiger charge is 2.22. The predicted molar refractivity (Wildman–Crippen MR) is 73.5 cm³/mol. The van der Waals surface area contributed by atoms with Gasteiger partial charge in [-0.05, 0) is 0 Å². The van der Waals surface area contributed by atoms with Gasteiger partial charge in [0.25, 0.3) is 11.1 Å². The van der Waals surface area contributed by atoms with Gasteiger partial charge in [0, 0.05) is 13.5 Å². The van der Waals surface area contributed by atoms with Crippen molar-refractivity contribution in [3.05, 3.63) is 5.89 Å². The first-order valence-corrected chi connectivity index (χ1v) is 7.24. The highest BCUT2D eigenvalue weighted by atomic mass is 32.2. The molecule has 1 heterocycles. The molecule has 3 N–H and O–H groups in total. The van der Waals surface area contributed by atoms with Crippen LogP contribution >= 0.6 is 11.8 Å². The average molecular weight is 302 g/mol. The number of nitrogens with zero attached hydrogens (tertiary/aromatic N) is 2. The maximum Gasteiger partial charge on any atom is 0.321 e. The molecule has 0 aliphatic heterocycles. The van der Waals surface area contributed by atoms with Crippen LogP contribution in [0.25, 0.3) is 0 Å². The zero-order chi connectivity index (χ0) is 15.1. The Morgan fingerprint density at radius 1 is 1.40 bits per heavy atom. The molecule has 0 fully saturated rings. The Kier molecular flexibility index (Phi) is 6.46. The molecule has 0 saturated carbocycles. The van der Waals surface area contributed by atoms with Gasteiger partial charge >= 0.3 is 6.03 Å². The van der Waals surface area contributed by atoms with Gasteiger partial charge in [0.15, 0.2) is 6.04 Å². The molecule has 0 aromatic carbocycles. The number of quaternary nitrogens is 1. The molecule has 9 heteroatoms. The van der Waals surface area contributed by atoms with Crippen LogP contribution in [-0.2, 0) is 4.79 Å². The van der Waals surface area contributed by atoms with Gasteiger partial charge < -0.3 is 14.6 Å². The Morgan fingerprint density at radius 2 is 2.10 bits per heavy atom. The summed E-state index contributed by atoms with van der Waals surface area (Å²) in [5.74, 6) is 0.182. The summed E-state index contributed by atoms with van der Waals surface area (Å²) in [6.45, 7) is 2.05. The molecule has 8 nitrogen and oxygen atoms in total. The maximum absolute atomic E-state index is 11.4. The standard InChI is InChI=1S/C11H19N5O3S/c1-5-7(16(3)4)9-14-15-11(19-9)20-6-8(17)13-10(18)12-2/h7H,5-6H2,1-4H3,(H2,12,13,17,18)/p+1/t7-/m0/s1. The Morgan fingerprint density at radius 3 is 2.65 bits per heavy atom. The number of carbonyl (C=O) groups is 2. The summed E-state index contributed by atoms with van der Waals surface area (Å²) >= 11 is 1.10. The van der Waals surface area contributed by atoms with E-state index in [4.69, 9.17) is 4.42 Å². The van der Waals surface area contributed by atoms with E-state index in [0.29, 0.717) is 11.1 Å². The van der Waals surface area contributed by atoms with Crippen LogP contribution in [0.15, 0.2) is 9.64 Å². The van der Waals surface area contributed by atoms with E-state index < -0.39 is 11.9 Å². The molecule has 1 aromatic heterocycles. The third-order valence-corrected chi connectivity index (χ3v) is 3.45. The summed E-state index contributed by atoms with van der Waals surface area (Å²) in [6, 6.07) is -0.402. The zero-order valence-electron chi connectivity index (χ0n) is 12.0. The molecule has 0 aliphatic rings.